The van der Waals surface area contributed by atoms with Gasteiger partial charge in [0.1, 0.15) is 5.82 Å². The summed E-state index contributed by atoms with van der Waals surface area (Å²) < 4.78 is 5.38. The van der Waals surface area contributed by atoms with E-state index in [9.17, 15) is 0 Å². The topological polar surface area (TPSA) is 53.5 Å². The van der Waals surface area contributed by atoms with Crippen LogP contribution >= 0.6 is 0 Å². The number of nitrogens with one attached hydrogen (secondary N) is 1. The molecule has 1 N–H and O–H groups in total. The molecule has 2 fully saturated rings. The zero-order chi connectivity index (χ0) is 15.9. The van der Waals surface area contributed by atoms with Gasteiger partial charge in [-0.3, -0.25) is 4.90 Å². The van der Waals surface area contributed by atoms with Gasteiger partial charge in [-0.25, -0.2) is 4.98 Å². The Morgan fingerprint density at radius 3 is 2.96 bits per heavy atom. The monoisotopic (exact) mass is 319 g/mol. The van der Waals surface area contributed by atoms with Crippen molar-refractivity contribution in [2.24, 2.45) is 0 Å². The molecule has 0 spiro atoms. The molecule has 0 bridgehead atoms. The van der Waals surface area contributed by atoms with Gasteiger partial charge in [-0.2, -0.15) is 4.98 Å². The molecule has 0 radical (unpaired) electrons. The number of ether oxygens (including phenoxy) is 1. The van der Waals surface area contributed by atoms with Gasteiger partial charge in [0.15, 0.2) is 0 Å². The third kappa shape index (κ3) is 4.54. The zero-order valence-electron chi connectivity index (χ0n) is 14.2. The molecule has 3 heterocycles. The van der Waals surface area contributed by atoms with Crippen LogP contribution in [0.25, 0.3) is 0 Å². The van der Waals surface area contributed by atoms with E-state index in [1.54, 1.807) is 0 Å². The van der Waals surface area contributed by atoms with Gasteiger partial charge in [-0.05, 0) is 31.7 Å². The lowest BCUT2D eigenvalue weighted by atomic mass is 10.0. The third-order valence-corrected chi connectivity index (χ3v) is 4.85. The Morgan fingerprint density at radius 1 is 1.26 bits per heavy atom. The van der Waals surface area contributed by atoms with Crippen molar-refractivity contribution in [1.82, 2.24) is 14.9 Å². The Bertz CT molecular complexity index is 478. The van der Waals surface area contributed by atoms with Gasteiger partial charge < -0.3 is 15.0 Å². The molecule has 6 heteroatoms. The predicted molar refractivity (Wildman–Crippen MR) is 93.1 cm³/mol. The van der Waals surface area contributed by atoms with Crippen LogP contribution in [0.2, 0.25) is 0 Å². The number of rotatable bonds is 6. The standard InChI is InChI=1S/C17H29N5O/c1-2-15-5-3-4-9-22(15)16-6-7-18-17(20-16)19-8-10-21-11-13-23-14-12-21/h6-7,15H,2-5,8-14H2,1H3,(H,18,19,20). The lowest BCUT2D eigenvalue weighted by molar-refractivity contribution is 0.0398. The van der Waals surface area contributed by atoms with Crippen molar-refractivity contribution in [3.63, 3.8) is 0 Å². The molecule has 1 aromatic heterocycles. The first kappa shape index (κ1) is 16.5. The molecule has 1 unspecified atom stereocenters. The van der Waals surface area contributed by atoms with Gasteiger partial charge in [0.05, 0.1) is 13.2 Å². The summed E-state index contributed by atoms with van der Waals surface area (Å²) in [5.74, 6) is 1.82. The van der Waals surface area contributed by atoms with E-state index in [0.717, 1.165) is 57.7 Å². The van der Waals surface area contributed by atoms with Crippen LogP contribution < -0.4 is 10.2 Å². The van der Waals surface area contributed by atoms with Gasteiger partial charge in [0.25, 0.3) is 0 Å². The highest BCUT2D eigenvalue weighted by Gasteiger charge is 2.22. The fourth-order valence-corrected chi connectivity index (χ4v) is 3.47. The quantitative estimate of drug-likeness (QED) is 0.865. The molecule has 6 nitrogen and oxygen atoms in total. The molecule has 2 saturated heterocycles. The first-order chi connectivity index (χ1) is 11.4. The molecule has 0 aliphatic carbocycles. The second-order valence-electron chi connectivity index (χ2n) is 6.37. The normalized spacial score (nSPS) is 23.0. The zero-order valence-corrected chi connectivity index (χ0v) is 14.2. The highest BCUT2D eigenvalue weighted by atomic mass is 16.5. The highest BCUT2D eigenvalue weighted by Crippen LogP contribution is 2.25. The first-order valence-electron chi connectivity index (χ1n) is 9.00. The SMILES string of the molecule is CCC1CCCCN1c1ccnc(NCCN2CCOCC2)n1. The van der Waals surface area contributed by atoms with Crippen LogP contribution in [-0.4, -0.2) is 66.8 Å². The van der Waals surface area contributed by atoms with Crippen molar-refractivity contribution in [1.29, 1.82) is 0 Å². The van der Waals surface area contributed by atoms with Gasteiger partial charge in [0.2, 0.25) is 5.95 Å². The molecule has 23 heavy (non-hydrogen) atoms. The van der Waals surface area contributed by atoms with E-state index in [1.165, 1.54) is 25.7 Å². The smallest absolute Gasteiger partial charge is 0.224 e. The largest absolute Gasteiger partial charge is 0.379 e. The number of anilines is 2. The maximum absolute atomic E-state index is 5.38. The minimum absolute atomic E-state index is 0.625. The predicted octanol–water partition coefficient (Wildman–Crippen LogP) is 1.99. The fraction of sp³-hybridized carbons (Fsp3) is 0.765. The summed E-state index contributed by atoms with van der Waals surface area (Å²) >= 11 is 0. The number of piperidine rings is 1. The van der Waals surface area contributed by atoms with Crippen LogP contribution in [0, 0.1) is 0 Å². The van der Waals surface area contributed by atoms with Crippen molar-refractivity contribution >= 4 is 11.8 Å². The number of aromatic nitrogens is 2. The highest BCUT2D eigenvalue weighted by molar-refractivity contribution is 5.44. The number of morpholine rings is 1. The maximum Gasteiger partial charge on any atom is 0.224 e. The summed E-state index contributed by atoms with van der Waals surface area (Å²) in [5.41, 5.74) is 0. The molecular formula is C17H29N5O. The second kappa shape index (κ2) is 8.45. The molecule has 0 aromatic carbocycles. The molecular weight excluding hydrogens is 290 g/mol. The van der Waals surface area contributed by atoms with Crippen LogP contribution in [0.5, 0.6) is 0 Å². The van der Waals surface area contributed by atoms with Gasteiger partial charge >= 0.3 is 0 Å². The van der Waals surface area contributed by atoms with Crippen molar-refractivity contribution in [2.75, 3.05) is 56.2 Å². The lowest BCUT2D eigenvalue weighted by Gasteiger charge is -2.36. The van der Waals surface area contributed by atoms with Gasteiger partial charge in [-0.1, -0.05) is 6.92 Å². The summed E-state index contributed by atoms with van der Waals surface area (Å²) in [7, 11) is 0. The number of hydrogen-bond acceptors (Lipinski definition) is 6. The maximum atomic E-state index is 5.38. The van der Waals surface area contributed by atoms with Crippen molar-refractivity contribution < 1.29 is 4.74 Å². The molecule has 2 aliphatic heterocycles. The van der Waals surface area contributed by atoms with E-state index in [-0.39, 0.29) is 0 Å². The first-order valence-corrected chi connectivity index (χ1v) is 9.00. The summed E-state index contributed by atoms with van der Waals surface area (Å²) in [6, 6.07) is 2.67. The van der Waals surface area contributed by atoms with E-state index < -0.39 is 0 Å². The van der Waals surface area contributed by atoms with E-state index in [2.05, 4.69) is 27.0 Å². The third-order valence-electron chi connectivity index (χ3n) is 4.85. The molecule has 0 saturated carbocycles. The second-order valence-corrected chi connectivity index (χ2v) is 6.37. The fourth-order valence-electron chi connectivity index (χ4n) is 3.47. The summed E-state index contributed by atoms with van der Waals surface area (Å²) in [4.78, 5) is 14.0. The average Bonchev–Trinajstić information content (AvgIpc) is 2.63. The van der Waals surface area contributed by atoms with Crippen LogP contribution in [-0.2, 0) is 4.74 Å². The molecule has 2 aliphatic rings. The van der Waals surface area contributed by atoms with Gasteiger partial charge in [-0.15, -0.1) is 0 Å². The van der Waals surface area contributed by atoms with E-state index in [0.29, 0.717) is 6.04 Å². The summed E-state index contributed by atoms with van der Waals surface area (Å²) in [5, 5.41) is 3.37. The van der Waals surface area contributed by atoms with E-state index >= 15 is 0 Å². The minimum atomic E-state index is 0.625. The van der Waals surface area contributed by atoms with Crippen LogP contribution in [0.15, 0.2) is 12.3 Å². The Morgan fingerprint density at radius 2 is 2.13 bits per heavy atom. The van der Waals surface area contributed by atoms with Crippen LogP contribution in [0.1, 0.15) is 32.6 Å². The van der Waals surface area contributed by atoms with Crippen molar-refractivity contribution in [2.45, 2.75) is 38.6 Å². The molecule has 128 valence electrons. The minimum Gasteiger partial charge on any atom is -0.379 e. The van der Waals surface area contributed by atoms with Crippen LogP contribution in [0.3, 0.4) is 0 Å². The Hall–Kier alpha value is -1.40. The molecule has 3 rings (SSSR count). The van der Waals surface area contributed by atoms with Crippen LogP contribution in [0.4, 0.5) is 11.8 Å². The molecule has 1 aromatic rings. The summed E-state index contributed by atoms with van der Waals surface area (Å²) in [6.07, 6.45) is 6.94. The Balaban J connectivity index is 1.54. The van der Waals surface area contributed by atoms with Gasteiger partial charge in [0, 0.05) is 45.0 Å². The Labute approximate surface area is 139 Å². The molecule has 0 amide bonds. The average molecular weight is 319 g/mol. The van der Waals surface area contributed by atoms with Crippen molar-refractivity contribution in [3.8, 4) is 0 Å². The number of hydrogen-bond donors (Lipinski definition) is 1. The number of nitrogens with zero attached hydrogens (tertiary/aromatic N) is 4. The van der Waals surface area contributed by atoms with E-state index in [4.69, 9.17) is 9.72 Å². The summed E-state index contributed by atoms with van der Waals surface area (Å²) in [6.45, 7) is 9.01. The van der Waals surface area contributed by atoms with Crippen molar-refractivity contribution in [3.05, 3.63) is 12.3 Å². The molecule has 1 atom stereocenters. The van der Waals surface area contributed by atoms with E-state index in [1.807, 2.05) is 12.3 Å². The Kier molecular flexibility index (Phi) is 6.05. The lowest BCUT2D eigenvalue weighted by Crippen LogP contribution is -2.40.